The van der Waals surface area contributed by atoms with E-state index >= 15 is 0 Å². The molecule has 0 bridgehead atoms. The summed E-state index contributed by atoms with van der Waals surface area (Å²) >= 11 is 0. The summed E-state index contributed by atoms with van der Waals surface area (Å²) < 4.78 is 0. The molecule has 1 fully saturated rings. The number of nitrogens with two attached hydrogens (primary N) is 1. The summed E-state index contributed by atoms with van der Waals surface area (Å²) in [5, 5.41) is 8.47. The Morgan fingerprint density at radius 1 is 1.32 bits per heavy atom. The largest absolute Gasteiger partial charge is 0.351 e. The van der Waals surface area contributed by atoms with Crippen LogP contribution in [0.1, 0.15) is 13.3 Å². The molecule has 0 radical (unpaired) electrons. The van der Waals surface area contributed by atoms with Gasteiger partial charge in [0.15, 0.2) is 0 Å². The summed E-state index contributed by atoms with van der Waals surface area (Å²) in [6.07, 6.45) is 1.00. The van der Waals surface area contributed by atoms with Gasteiger partial charge in [0.25, 0.3) is 0 Å². The molecule has 0 aromatic heterocycles. The molecule has 2 unspecified atom stereocenters. The van der Waals surface area contributed by atoms with E-state index in [-0.39, 0.29) is 11.9 Å². The maximum Gasteiger partial charge on any atom is 0.316 e. The number of hydrogen-bond donors (Lipinski definition) is 4. The van der Waals surface area contributed by atoms with Crippen LogP contribution in [0.15, 0.2) is 24.3 Å². The molecule has 3 amide bonds. The Balaban J connectivity index is 2.02. The van der Waals surface area contributed by atoms with Crippen LogP contribution in [0.4, 0.5) is 16.2 Å². The summed E-state index contributed by atoms with van der Waals surface area (Å²) in [6, 6.07) is 6.09. The predicted octanol–water partition coefficient (Wildman–Crippen LogP) is 1.11. The van der Waals surface area contributed by atoms with Crippen LogP contribution >= 0.6 is 0 Å². The van der Waals surface area contributed by atoms with E-state index in [0.29, 0.717) is 17.3 Å². The first-order valence-corrected chi connectivity index (χ1v) is 6.27. The van der Waals surface area contributed by atoms with Crippen LogP contribution in [-0.2, 0) is 4.79 Å². The number of rotatable bonds is 3. The zero-order valence-electron chi connectivity index (χ0n) is 10.8. The first-order valence-electron chi connectivity index (χ1n) is 6.27. The highest BCUT2D eigenvalue weighted by molar-refractivity contribution is 5.96. The van der Waals surface area contributed by atoms with Gasteiger partial charge in [0, 0.05) is 11.4 Å². The molecule has 102 valence electrons. The molecule has 1 aliphatic heterocycles. The first-order chi connectivity index (χ1) is 9.06. The molecule has 1 aromatic rings. The highest BCUT2D eigenvalue weighted by Crippen LogP contribution is 2.18. The van der Waals surface area contributed by atoms with Gasteiger partial charge in [0.2, 0.25) is 5.91 Å². The van der Waals surface area contributed by atoms with Crippen molar-refractivity contribution in [3.63, 3.8) is 0 Å². The van der Waals surface area contributed by atoms with E-state index in [1.807, 2.05) is 0 Å². The van der Waals surface area contributed by atoms with Crippen LogP contribution in [0.3, 0.4) is 0 Å². The minimum absolute atomic E-state index is 0.0544. The number of carbonyl (C=O) groups is 2. The molecular weight excluding hydrogens is 244 g/mol. The van der Waals surface area contributed by atoms with E-state index in [0.717, 1.165) is 13.0 Å². The quantitative estimate of drug-likeness (QED) is 0.657. The lowest BCUT2D eigenvalue weighted by Crippen LogP contribution is -2.39. The van der Waals surface area contributed by atoms with Gasteiger partial charge in [-0.05, 0) is 37.1 Å². The van der Waals surface area contributed by atoms with Crippen molar-refractivity contribution in [3.8, 4) is 0 Å². The smallest absolute Gasteiger partial charge is 0.316 e. The van der Waals surface area contributed by atoms with Crippen LogP contribution in [0.25, 0.3) is 0 Å². The van der Waals surface area contributed by atoms with Gasteiger partial charge in [-0.15, -0.1) is 0 Å². The van der Waals surface area contributed by atoms with Crippen molar-refractivity contribution in [3.05, 3.63) is 24.3 Å². The molecule has 2 rings (SSSR count). The fraction of sp³-hybridized carbons (Fsp3) is 0.385. The average Bonchev–Trinajstić information content (AvgIpc) is 2.75. The third-order valence-corrected chi connectivity index (χ3v) is 3.21. The highest BCUT2D eigenvalue weighted by Gasteiger charge is 2.29. The Hall–Kier alpha value is -2.08. The van der Waals surface area contributed by atoms with Crippen molar-refractivity contribution >= 4 is 23.3 Å². The van der Waals surface area contributed by atoms with E-state index in [9.17, 15) is 9.59 Å². The molecular formula is C13H18N4O2. The number of amides is 3. The second-order valence-corrected chi connectivity index (χ2v) is 4.76. The van der Waals surface area contributed by atoms with Gasteiger partial charge in [-0.1, -0.05) is 13.0 Å². The predicted molar refractivity (Wildman–Crippen MR) is 73.8 cm³/mol. The molecule has 0 saturated carbocycles. The Kier molecular flexibility index (Phi) is 4.01. The van der Waals surface area contributed by atoms with Crippen molar-refractivity contribution in [1.82, 2.24) is 5.32 Å². The van der Waals surface area contributed by atoms with Crippen molar-refractivity contribution < 1.29 is 9.59 Å². The molecule has 0 spiro atoms. The zero-order chi connectivity index (χ0) is 13.8. The maximum atomic E-state index is 12.1. The van der Waals surface area contributed by atoms with Crippen LogP contribution in [0.5, 0.6) is 0 Å². The Morgan fingerprint density at radius 3 is 2.58 bits per heavy atom. The highest BCUT2D eigenvalue weighted by atomic mass is 16.2. The SMILES string of the molecule is CC1CCNC1C(=O)Nc1cccc(NC(N)=O)c1. The molecule has 1 heterocycles. The third kappa shape index (κ3) is 3.45. The van der Waals surface area contributed by atoms with Crippen molar-refractivity contribution in [2.24, 2.45) is 11.7 Å². The topological polar surface area (TPSA) is 96.2 Å². The number of benzene rings is 1. The third-order valence-electron chi connectivity index (χ3n) is 3.21. The molecule has 6 heteroatoms. The summed E-state index contributed by atoms with van der Waals surface area (Å²) in [6.45, 7) is 2.91. The molecule has 2 atom stereocenters. The Bertz CT molecular complexity index is 489. The summed E-state index contributed by atoms with van der Waals surface area (Å²) in [5.74, 6) is 0.271. The molecule has 19 heavy (non-hydrogen) atoms. The Labute approximate surface area is 111 Å². The lowest BCUT2D eigenvalue weighted by Gasteiger charge is -2.15. The van der Waals surface area contributed by atoms with E-state index < -0.39 is 6.03 Å². The molecule has 1 aromatic carbocycles. The lowest BCUT2D eigenvalue weighted by molar-refractivity contribution is -0.118. The number of urea groups is 1. The van der Waals surface area contributed by atoms with E-state index in [2.05, 4.69) is 22.9 Å². The van der Waals surface area contributed by atoms with Crippen LogP contribution in [0.2, 0.25) is 0 Å². The standard InChI is InChI=1S/C13H18N4O2/c1-8-5-6-15-11(8)12(18)16-9-3-2-4-10(7-9)17-13(14)19/h2-4,7-8,11,15H,5-6H2,1H3,(H,16,18)(H3,14,17,19). The second kappa shape index (κ2) is 5.71. The molecule has 0 aliphatic carbocycles. The fourth-order valence-electron chi connectivity index (χ4n) is 2.22. The number of hydrogen-bond acceptors (Lipinski definition) is 3. The van der Waals surface area contributed by atoms with E-state index in [4.69, 9.17) is 5.73 Å². The first kappa shape index (κ1) is 13.4. The van der Waals surface area contributed by atoms with Crippen LogP contribution < -0.4 is 21.7 Å². The van der Waals surface area contributed by atoms with Crippen molar-refractivity contribution in [2.75, 3.05) is 17.2 Å². The van der Waals surface area contributed by atoms with Gasteiger partial charge in [-0.25, -0.2) is 4.79 Å². The summed E-state index contributed by atoms with van der Waals surface area (Å²) in [7, 11) is 0. The van der Waals surface area contributed by atoms with Gasteiger partial charge in [-0.2, -0.15) is 0 Å². The number of carbonyl (C=O) groups excluding carboxylic acids is 2. The monoisotopic (exact) mass is 262 g/mol. The molecule has 5 N–H and O–H groups in total. The number of primary amides is 1. The minimum Gasteiger partial charge on any atom is -0.351 e. The van der Waals surface area contributed by atoms with Crippen molar-refractivity contribution in [2.45, 2.75) is 19.4 Å². The van der Waals surface area contributed by atoms with E-state index in [1.54, 1.807) is 24.3 Å². The van der Waals surface area contributed by atoms with Gasteiger partial charge >= 0.3 is 6.03 Å². The minimum atomic E-state index is -0.630. The Morgan fingerprint density at radius 2 is 2.00 bits per heavy atom. The lowest BCUT2D eigenvalue weighted by atomic mass is 10.0. The van der Waals surface area contributed by atoms with Crippen molar-refractivity contribution in [1.29, 1.82) is 0 Å². The van der Waals surface area contributed by atoms with E-state index in [1.165, 1.54) is 0 Å². The summed E-state index contributed by atoms with van der Waals surface area (Å²) in [4.78, 5) is 22.8. The van der Waals surface area contributed by atoms with Crippen LogP contribution in [-0.4, -0.2) is 24.5 Å². The van der Waals surface area contributed by atoms with Gasteiger partial charge < -0.3 is 21.7 Å². The summed E-state index contributed by atoms with van der Waals surface area (Å²) in [5.41, 5.74) is 6.24. The second-order valence-electron chi connectivity index (χ2n) is 4.76. The number of nitrogens with one attached hydrogen (secondary N) is 3. The maximum absolute atomic E-state index is 12.1. The number of anilines is 2. The average molecular weight is 262 g/mol. The van der Waals surface area contributed by atoms with Gasteiger partial charge in [0.1, 0.15) is 0 Å². The van der Waals surface area contributed by atoms with Crippen LogP contribution in [0, 0.1) is 5.92 Å². The zero-order valence-corrected chi connectivity index (χ0v) is 10.8. The molecule has 6 nitrogen and oxygen atoms in total. The normalized spacial score (nSPS) is 21.9. The van der Waals surface area contributed by atoms with Gasteiger partial charge in [-0.3, -0.25) is 4.79 Å². The fourth-order valence-corrected chi connectivity index (χ4v) is 2.22. The molecule has 1 aliphatic rings. The molecule has 1 saturated heterocycles. The van der Waals surface area contributed by atoms with Gasteiger partial charge in [0.05, 0.1) is 6.04 Å².